The maximum Gasteiger partial charge on any atom is 0.404 e. The van der Waals surface area contributed by atoms with Gasteiger partial charge in [-0.15, -0.1) is 0 Å². The van der Waals surface area contributed by atoms with E-state index in [0.717, 1.165) is 6.42 Å². The molecule has 1 fully saturated rings. The maximum atomic E-state index is 12.2. The summed E-state index contributed by atoms with van der Waals surface area (Å²) in [6, 6.07) is 0. The monoisotopic (exact) mass is 183 g/mol. The third-order valence-electron chi connectivity index (χ3n) is 2.18. The molecule has 1 aliphatic carbocycles. The summed E-state index contributed by atoms with van der Waals surface area (Å²) in [7, 11) is 0. The average molecular weight is 183 g/mol. The van der Waals surface area contributed by atoms with E-state index in [0.29, 0.717) is 12.8 Å². The van der Waals surface area contributed by atoms with Crippen molar-refractivity contribution in [3.05, 3.63) is 0 Å². The fourth-order valence-corrected chi connectivity index (χ4v) is 1.70. The summed E-state index contributed by atoms with van der Waals surface area (Å²) in [4.78, 5) is 0. The quantitative estimate of drug-likeness (QED) is 0.539. The molecule has 1 saturated carbocycles. The molecular weight excluding hydrogens is 173 g/mol. The molecule has 0 spiro atoms. The van der Waals surface area contributed by atoms with Crippen molar-refractivity contribution in [2.24, 2.45) is 0 Å². The van der Waals surface area contributed by atoms with Gasteiger partial charge in [0.25, 0.3) is 0 Å². The highest BCUT2D eigenvalue weighted by atomic mass is 32.1. The zero-order chi connectivity index (χ0) is 8.54. The Bertz CT molecular complexity index is 135. The molecule has 0 unspecified atom stereocenters. The van der Waals surface area contributed by atoms with Gasteiger partial charge in [0.15, 0.2) is 0 Å². The molecule has 0 aromatic carbocycles. The van der Waals surface area contributed by atoms with Crippen LogP contribution in [0.1, 0.15) is 32.1 Å². The molecule has 0 saturated heterocycles. The first-order valence-electron chi connectivity index (χ1n) is 3.73. The standard InChI is InChI=1S/C7H10F3S/c8-7(9,10)6(11)4-2-1-3-5-6/h1-5H2. The second kappa shape index (κ2) is 2.88. The molecule has 65 valence electrons. The predicted octanol–water partition coefficient (Wildman–Crippen LogP) is 3.45. The van der Waals surface area contributed by atoms with Crippen molar-refractivity contribution in [3.63, 3.8) is 0 Å². The Morgan fingerprint density at radius 1 is 1.00 bits per heavy atom. The number of halogens is 3. The van der Waals surface area contributed by atoms with E-state index in [1.807, 2.05) is 0 Å². The van der Waals surface area contributed by atoms with Gasteiger partial charge in [-0.25, -0.2) is 0 Å². The van der Waals surface area contributed by atoms with E-state index in [-0.39, 0.29) is 12.8 Å². The Labute approximate surface area is 69.6 Å². The zero-order valence-electron chi connectivity index (χ0n) is 6.08. The molecule has 1 aliphatic rings. The van der Waals surface area contributed by atoms with E-state index in [2.05, 4.69) is 12.6 Å². The summed E-state index contributed by atoms with van der Waals surface area (Å²) >= 11 is 4.57. The van der Waals surface area contributed by atoms with Gasteiger partial charge in [-0.05, 0) is 12.8 Å². The molecule has 0 nitrogen and oxygen atoms in total. The summed E-state index contributed by atoms with van der Waals surface area (Å²) < 4.78 is 34.9. The minimum Gasteiger partial charge on any atom is -0.169 e. The molecule has 0 N–H and O–H groups in total. The first-order valence-corrected chi connectivity index (χ1v) is 4.14. The summed E-state index contributed by atoms with van der Waals surface area (Å²) in [6.45, 7) is 0. The van der Waals surface area contributed by atoms with Crippen molar-refractivity contribution in [1.29, 1.82) is 0 Å². The molecular formula is C7H10F3S. The highest BCUT2D eigenvalue weighted by Gasteiger charge is 2.52. The topological polar surface area (TPSA) is 0 Å². The van der Waals surface area contributed by atoms with Gasteiger partial charge >= 0.3 is 6.18 Å². The van der Waals surface area contributed by atoms with E-state index in [4.69, 9.17) is 0 Å². The van der Waals surface area contributed by atoms with Gasteiger partial charge in [0.05, 0.1) is 0 Å². The van der Waals surface area contributed by atoms with Crippen LogP contribution in [-0.2, 0) is 0 Å². The lowest BCUT2D eigenvalue weighted by Crippen LogP contribution is -2.41. The van der Waals surface area contributed by atoms with Crippen molar-refractivity contribution in [2.75, 3.05) is 0 Å². The van der Waals surface area contributed by atoms with Crippen LogP contribution in [0.3, 0.4) is 0 Å². The Hall–Kier alpha value is 0.140. The van der Waals surface area contributed by atoms with E-state index in [9.17, 15) is 13.2 Å². The number of rotatable bonds is 0. The lowest BCUT2D eigenvalue weighted by molar-refractivity contribution is -0.165. The highest BCUT2D eigenvalue weighted by molar-refractivity contribution is 7.81. The van der Waals surface area contributed by atoms with Crippen molar-refractivity contribution < 1.29 is 13.2 Å². The second-order valence-corrected chi connectivity index (χ2v) is 3.83. The van der Waals surface area contributed by atoms with Crippen LogP contribution in [0.15, 0.2) is 0 Å². The van der Waals surface area contributed by atoms with Gasteiger partial charge in [0.2, 0.25) is 0 Å². The van der Waals surface area contributed by atoms with Gasteiger partial charge in [0.1, 0.15) is 4.75 Å². The Balaban J connectivity index is 2.64. The van der Waals surface area contributed by atoms with Gasteiger partial charge in [-0.1, -0.05) is 31.9 Å². The van der Waals surface area contributed by atoms with Crippen molar-refractivity contribution in [2.45, 2.75) is 43.0 Å². The molecule has 0 amide bonds. The fourth-order valence-electron chi connectivity index (χ4n) is 1.41. The second-order valence-electron chi connectivity index (χ2n) is 3.05. The van der Waals surface area contributed by atoms with Crippen LogP contribution < -0.4 is 0 Å². The Kier molecular flexibility index (Phi) is 2.42. The molecule has 0 bridgehead atoms. The minimum absolute atomic E-state index is 0.131. The largest absolute Gasteiger partial charge is 0.404 e. The summed E-state index contributed by atoms with van der Waals surface area (Å²) in [5.41, 5.74) is 0. The van der Waals surface area contributed by atoms with E-state index < -0.39 is 10.9 Å². The van der Waals surface area contributed by atoms with Gasteiger partial charge in [0, 0.05) is 0 Å². The third kappa shape index (κ3) is 1.83. The summed E-state index contributed by atoms with van der Waals surface area (Å²) in [5.74, 6) is 0. The van der Waals surface area contributed by atoms with Gasteiger partial charge in [-0.3, -0.25) is 0 Å². The van der Waals surface area contributed by atoms with Gasteiger partial charge < -0.3 is 0 Å². The molecule has 0 aromatic rings. The first kappa shape index (κ1) is 9.23. The van der Waals surface area contributed by atoms with Crippen molar-refractivity contribution in [1.82, 2.24) is 0 Å². The molecule has 11 heavy (non-hydrogen) atoms. The number of hydrogen-bond acceptors (Lipinski definition) is 0. The molecule has 0 atom stereocenters. The lowest BCUT2D eigenvalue weighted by Gasteiger charge is -2.33. The molecule has 0 aliphatic heterocycles. The van der Waals surface area contributed by atoms with Gasteiger partial charge in [-0.2, -0.15) is 13.2 Å². The van der Waals surface area contributed by atoms with E-state index >= 15 is 0 Å². The lowest BCUT2D eigenvalue weighted by atomic mass is 9.88. The normalized spacial score (nSPS) is 25.1. The number of hydrogen-bond donors (Lipinski definition) is 0. The SMILES string of the molecule is FC(F)(F)C1([S])CCCCC1. The Morgan fingerprint density at radius 2 is 1.45 bits per heavy atom. The Morgan fingerprint density at radius 3 is 1.73 bits per heavy atom. The van der Waals surface area contributed by atoms with Crippen LogP contribution in [-0.4, -0.2) is 10.9 Å². The zero-order valence-corrected chi connectivity index (χ0v) is 6.89. The number of alkyl halides is 3. The summed E-state index contributed by atoms with van der Waals surface area (Å²) in [6.07, 6.45) is -1.76. The van der Waals surface area contributed by atoms with E-state index in [1.54, 1.807) is 0 Å². The first-order chi connectivity index (χ1) is 4.96. The van der Waals surface area contributed by atoms with Crippen LogP contribution in [0, 0.1) is 0 Å². The molecule has 1 radical (unpaired) electrons. The van der Waals surface area contributed by atoms with Crippen LogP contribution in [0.5, 0.6) is 0 Å². The van der Waals surface area contributed by atoms with Crippen molar-refractivity contribution >= 4 is 12.6 Å². The van der Waals surface area contributed by atoms with Crippen LogP contribution in [0.2, 0.25) is 0 Å². The predicted molar refractivity (Wildman–Crippen MR) is 39.5 cm³/mol. The molecule has 4 heteroatoms. The third-order valence-corrected chi connectivity index (χ3v) is 2.82. The molecule has 1 rings (SSSR count). The highest BCUT2D eigenvalue weighted by Crippen LogP contribution is 2.45. The summed E-state index contributed by atoms with van der Waals surface area (Å²) in [5, 5.41) is 0. The molecule has 0 heterocycles. The smallest absolute Gasteiger partial charge is 0.169 e. The van der Waals surface area contributed by atoms with Crippen molar-refractivity contribution in [3.8, 4) is 0 Å². The fraction of sp³-hybridized carbons (Fsp3) is 1.00. The van der Waals surface area contributed by atoms with Crippen LogP contribution in [0.4, 0.5) is 13.2 Å². The molecule has 0 aromatic heterocycles. The van der Waals surface area contributed by atoms with E-state index in [1.165, 1.54) is 0 Å². The van der Waals surface area contributed by atoms with Crippen LogP contribution in [0.25, 0.3) is 0 Å². The van der Waals surface area contributed by atoms with Crippen LogP contribution >= 0.6 is 12.6 Å². The maximum absolute atomic E-state index is 12.2. The average Bonchev–Trinajstić information content (AvgIpc) is 1.87. The minimum atomic E-state index is -4.18.